The molecule has 2 atom stereocenters. The number of nitrogens with zero attached hydrogens (tertiary/aromatic N) is 1. The first-order valence-electron chi connectivity index (χ1n) is 5.04. The highest BCUT2D eigenvalue weighted by molar-refractivity contribution is 7.09. The molecule has 1 aliphatic rings. The Hall–Kier alpha value is -0.450. The molecule has 3 nitrogen and oxygen atoms in total. The van der Waals surface area contributed by atoms with Gasteiger partial charge in [-0.1, -0.05) is 6.92 Å². The summed E-state index contributed by atoms with van der Waals surface area (Å²) in [5, 5.41) is 3.32. The van der Waals surface area contributed by atoms with Crippen LogP contribution in [0.15, 0.2) is 5.38 Å². The zero-order valence-corrected chi connectivity index (χ0v) is 9.22. The second-order valence-electron chi connectivity index (χ2n) is 3.81. The van der Waals surface area contributed by atoms with Crippen LogP contribution in [0.4, 0.5) is 0 Å². The Labute approximate surface area is 88.3 Å². The lowest BCUT2D eigenvalue weighted by Crippen LogP contribution is -2.09. The van der Waals surface area contributed by atoms with E-state index in [1.54, 1.807) is 11.3 Å². The second kappa shape index (κ2) is 4.38. The van der Waals surface area contributed by atoms with Gasteiger partial charge in [-0.3, -0.25) is 0 Å². The van der Waals surface area contributed by atoms with Crippen molar-refractivity contribution < 1.29 is 4.74 Å². The minimum Gasteiger partial charge on any atom is -0.381 e. The number of hydrogen-bond acceptors (Lipinski definition) is 4. The summed E-state index contributed by atoms with van der Waals surface area (Å²) in [4.78, 5) is 4.62. The summed E-state index contributed by atoms with van der Waals surface area (Å²) in [5.74, 6) is 0.904. The quantitative estimate of drug-likeness (QED) is 0.829. The van der Waals surface area contributed by atoms with E-state index in [4.69, 9.17) is 10.5 Å². The van der Waals surface area contributed by atoms with Gasteiger partial charge in [0.15, 0.2) is 0 Å². The standard InChI is InChI=1S/C10H16N2OS/c1-7(4-11)10-12-9(6-14-10)8-2-3-13-5-8/h6-8H,2-5,11H2,1H3. The molecule has 14 heavy (non-hydrogen) atoms. The van der Waals surface area contributed by atoms with Crippen LogP contribution in [0.1, 0.15) is 35.9 Å². The first-order valence-corrected chi connectivity index (χ1v) is 5.92. The zero-order chi connectivity index (χ0) is 9.97. The molecule has 2 N–H and O–H groups in total. The predicted octanol–water partition coefficient (Wildman–Crippen LogP) is 1.71. The van der Waals surface area contributed by atoms with Crippen LogP contribution in [0.3, 0.4) is 0 Å². The number of rotatable bonds is 3. The van der Waals surface area contributed by atoms with Gasteiger partial charge in [0.1, 0.15) is 0 Å². The Bertz CT molecular complexity index is 294. The third-order valence-corrected chi connectivity index (χ3v) is 3.76. The monoisotopic (exact) mass is 212 g/mol. The maximum Gasteiger partial charge on any atom is 0.0969 e. The van der Waals surface area contributed by atoms with Gasteiger partial charge in [0.25, 0.3) is 0 Å². The topological polar surface area (TPSA) is 48.1 Å². The normalized spacial score (nSPS) is 24.0. The highest BCUT2D eigenvalue weighted by Gasteiger charge is 2.21. The molecule has 0 aliphatic carbocycles. The molecule has 0 amide bonds. The minimum atomic E-state index is 0.385. The molecule has 0 bridgehead atoms. The number of ether oxygens (including phenoxy) is 1. The first kappa shape index (κ1) is 10.1. The molecule has 1 aliphatic heterocycles. The van der Waals surface area contributed by atoms with E-state index in [0.29, 0.717) is 18.4 Å². The SMILES string of the molecule is CC(CN)c1nc(C2CCOC2)cs1. The summed E-state index contributed by atoms with van der Waals surface area (Å²) in [5.41, 5.74) is 6.81. The molecule has 1 aromatic heterocycles. The van der Waals surface area contributed by atoms with Crippen LogP contribution in [0, 0.1) is 0 Å². The summed E-state index contributed by atoms with van der Waals surface area (Å²) in [7, 11) is 0. The fourth-order valence-corrected chi connectivity index (χ4v) is 2.56. The first-order chi connectivity index (χ1) is 6.81. The predicted molar refractivity (Wildman–Crippen MR) is 57.8 cm³/mol. The number of nitrogens with two attached hydrogens (primary N) is 1. The van der Waals surface area contributed by atoms with Gasteiger partial charge in [0, 0.05) is 30.4 Å². The lowest BCUT2D eigenvalue weighted by Gasteiger charge is -2.04. The molecule has 0 spiro atoms. The largest absolute Gasteiger partial charge is 0.381 e. The highest BCUT2D eigenvalue weighted by Crippen LogP contribution is 2.28. The third-order valence-electron chi connectivity index (χ3n) is 2.66. The van der Waals surface area contributed by atoms with E-state index >= 15 is 0 Å². The summed E-state index contributed by atoms with van der Waals surface area (Å²) < 4.78 is 5.35. The van der Waals surface area contributed by atoms with Gasteiger partial charge in [-0.15, -0.1) is 11.3 Å². The molecule has 0 aromatic carbocycles. The summed E-state index contributed by atoms with van der Waals surface area (Å²) in [6.07, 6.45) is 1.11. The highest BCUT2D eigenvalue weighted by atomic mass is 32.1. The zero-order valence-electron chi connectivity index (χ0n) is 8.40. The van der Waals surface area contributed by atoms with Gasteiger partial charge in [-0.25, -0.2) is 4.98 Å². The van der Waals surface area contributed by atoms with E-state index in [2.05, 4.69) is 17.3 Å². The lowest BCUT2D eigenvalue weighted by molar-refractivity contribution is 0.193. The van der Waals surface area contributed by atoms with E-state index in [9.17, 15) is 0 Å². The van der Waals surface area contributed by atoms with E-state index in [1.165, 1.54) is 5.69 Å². The van der Waals surface area contributed by atoms with Gasteiger partial charge in [0.2, 0.25) is 0 Å². The van der Waals surface area contributed by atoms with E-state index in [1.807, 2.05) is 0 Å². The van der Waals surface area contributed by atoms with Crippen molar-refractivity contribution in [3.05, 3.63) is 16.1 Å². The van der Waals surface area contributed by atoms with Gasteiger partial charge in [-0.2, -0.15) is 0 Å². The molecule has 0 saturated carbocycles. The molecule has 78 valence electrons. The Morgan fingerprint density at radius 1 is 1.79 bits per heavy atom. The maximum atomic E-state index is 5.61. The molecule has 1 fully saturated rings. The van der Waals surface area contributed by atoms with Crippen molar-refractivity contribution in [1.82, 2.24) is 4.98 Å². The molecule has 2 heterocycles. The number of thiazole rings is 1. The lowest BCUT2D eigenvalue weighted by atomic mass is 10.1. The molecule has 2 unspecified atom stereocenters. The van der Waals surface area contributed by atoms with Crippen LogP contribution in [0.2, 0.25) is 0 Å². The van der Waals surface area contributed by atoms with Crippen molar-refractivity contribution in [1.29, 1.82) is 0 Å². The van der Waals surface area contributed by atoms with Gasteiger partial charge >= 0.3 is 0 Å². The van der Waals surface area contributed by atoms with Crippen molar-refractivity contribution >= 4 is 11.3 Å². The van der Waals surface area contributed by atoms with E-state index < -0.39 is 0 Å². The van der Waals surface area contributed by atoms with Crippen LogP contribution in [-0.2, 0) is 4.74 Å². The van der Waals surface area contributed by atoms with Gasteiger partial charge in [0.05, 0.1) is 17.3 Å². The molecule has 1 aromatic rings. The Balaban J connectivity index is 2.08. The van der Waals surface area contributed by atoms with Crippen LogP contribution in [-0.4, -0.2) is 24.7 Å². The van der Waals surface area contributed by atoms with Crippen LogP contribution in [0.5, 0.6) is 0 Å². The second-order valence-corrected chi connectivity index (χ2v) is 4.70. The van der Waals surface area contributed by atoms with Crippen molar-refractivity contribution in [3.63, 3.8) is 0 Å². The minimum absolute atomic E-state index is 0.385. The average molecular weight is 212 g/mol. The Morgan fingerprint density at radius 3 is 3.29 bits per heavy atom. The van der Waals surface area contributed by atoms with Crippen molar-refractivity contribution in [2.24, 2.45) is 5.73 Å². The smallest absolute Gasteiger partial charge is 0.0969 e. The van der Waals surface area contributed by atoms with Crippen molar-refractivity contribution in [3.8, 4) is 0 Å². The van der Waals surface area contributed by atoms with E-state index in [0.717, 1.165) is 24.6 Å². The van der Waals surface area contributed by atoms with Gasteiger partial charge < -0.3 is 10.5 Å². The Kier molecular flexibility index (Phi) is 3.15. The third kappa shape index (κ3) is 1.97. The molecule has 2 rings (SSSR count). The summed E-state index contributed by atoms with van der Waals surface area (Å²) in [6, 6.07) is 0. The molecular formula is C10H16N2OS. The van der Waals surface area contributed by atoms with Crippen molar-refractivity contribution in [2.45, 2.75) is 25.2 Å². The average Bonchev–Trinajstić information content (AvgIpc) is 2.86. The molecule has 1 saturated heterocycles. The van der Waals surface area contributed by atoms with Gasteiger partial charge in [-0.05, 0) is 6.42 Å². The fourth-order valence-electron chi connectivity index (χ4n) is 1.58. The van der Waals surface area contributed by atoms with Crippen LogP contribution >= 0.6 is 11.3 Å². The number of aromatic nitrogens is 1. The summed E-state index contributed by atoms with van der Waals surface area (Å²) in [6.45, 7) is 4.51. The maximum absolute atomic E-state index is 5.61. The fraction of sp³-hybridized carbons (Fsp3) is 0.700. The van der Waals surface area contributed by atoms with Crippen LogP contribution in [0.25, 0.3) is 0 Å². The number of hydrogen-bond donors (Lipinski definition) is 1. The summed E-state index contributed by atoms with van der Waals surface area (Å²) >= 11 is 1.72. The van der Waals surface area contributed by atoms with Crippen LogP contribution < -0.4 is 5.73 Å². The Morgan fingerprint density at radius 2 is 2.64 bits per heavy atom. The molecule has 4 heteroatoms. The van der Waals surface area contributed by atoms with E-state index in [-0.39, 0.29) is 0 Å². The molecular weight excluding hydrogens is 196 g/mol. The molecule has 0 radical (unpaired) electrons. The van der Waals surface area contributed by atoms with Crippen molar-refractivity contribution in [2.75, 3.05) is 19.8 Å².